The van der Waals surface area contributed by atoms with E-state index in [-0.39, 0.29) is 5.82 Å². The summed E-state index contributed by atoms with van der Waals surface area (Å²) in [5.41, 5.74) is 2.71. The lowest BCUT2D eigenvalue weighted by molar-refractivity contribution is 0.0584. The van der Waals surface area contributed by atoms with Gasteiger partial charge in [0.2, 0.25) is 0 Å². The summed E-state index contributed by atoms with van der Waals surface area (Å²) in [4.78, 5) is 17.8. The second-order valence-electron chi connectivity index (χ2n) is 6.52. The van der Waals surface area contributed by atoms with Gasteiger partial charge in [0, 0.05) is 6.54 Å². The highest BCUT2D eigenvalue weighted by Gasteiger charge is 2.21. The summed E-state index contributed by atoms with van der Waals surface area (Å²) in [6.07, 6.45) is 5.15. The summed E-state index contributed by atoms with van der Waals surface area (Å²) in [5, 5.41) is 4.18. The smallest absolute Gasteiger partial charge is 0.377 e. The Kier molecular flexibility index (Phi) is 5.25. The fourth-order valence-electron chi connectivity index (χ4n) is 3.26. The van der Waals surface area contributed by atoms with Crippen LogP contribution in [0.3, 0.4) is 0 Å². The predicted octanol–water partition coefficient (Wildman–Crippen LogP) is 2.29. The molecule has 2 heterocycles. The number of esters is 1. The third-order valence-electron chi connectivity index (χ3n) is 4.50. The third kappa shape index (κ3) is 4.20. The van der Waals surface area contributed by atoms with E-state index in [0.717, 1.165) is 19.5 Å². The highest BCUT2D eigenvalue weighted by atomic mass is 16.5. The average Bonchev–Trinajstić information content (AvgIpc) is 3.05. The molecule has 1 aliphatic rings. The maximum Gasteiger partial charge on any atom is 0.377 e. The molecule has 1 aliphatic heterocycles. The lowest BCUT2D eigenvalue weighted by Gasteiger charge is -2.32. The molecule has 2 aromatic rings. The Morgan fingerprint density at radius 1 is 1.33 bits per heavy atom. The standard InChI is InChI=1S/C18H24N4O2/c1-14-5-7-15(8-6-14)10-16-4-3-9-21(11-16)13-22-12-19-17(20-22)18(23)24-2/h5-8,12,16H,3-4,9-11,13H2,1-2H3. The van der Waals surface area contributed by atoms with Crippen molar-refractivity contribution < 1.29 is 9.53 Å². The zero-order valence-corrected chi connectivity index (χ0v) is 14.3. The van der Waals surface area contributed by atoms with Crippen LogP contribution in [0.1, 0.15) is 34.6 Å². The largest absolute Gasteiger partial charge is 0.463 e. The fraction of sp³-hybridized carbons (Fsp3) is 0.500. The summed E-state index contributed by atoms with van der Waals surface area (Å²) < 4.78 is 6.35. The van der Waals surface area contributed by atoms with E-state index in [1.807, 2.05) is 0 Å². The second-order valence-corrected chi connectivity index (χ2v) is 6.52. The van der Waals surface area contributed by atoms with Gasteiger partial charge in [-0.3, -0.25) is 4.90 Å². The van der Waals surface area contributed by atoms with Crippen LogP contribution in [0.5, 0.6) is 0 Å². The molecule has 6 nitrogen and oxygen atoms in total. The minimum Gasteiger partial charge on any atom is -0.463 e. The van der Waals surface area contributed by atoms with E-state index < -0.39 is 5.97 Å². The van der Waals surface area contributed by atoms with Crippen molar-refractivity contribution in [3.63, 3.8) is 0 Å². The molecule has 0 spiro atoms. The van der Waals surface area contributed by atoms with Gasteiger partial charge in [-0.2, -0.15) is 0 Å². The zero-order chi connectivity index (χ0) is 16.9. The van der Waals surface area contributed by atoms with Gasteiger partial charge >= 0.3 is 5.97 Å². The Hall–Kier alpha value is -2.21. The van der Waals surface area contributed by atoms with Crippen LogP contribution < -0.4 is 0 Å². The molecule has 128 valence electrons. The molecule has 6 heteroatoms. The van der Waals surface area contributed by atoms with Gasteiger partial charge < -0.3 is 4.74 Å². The van der Waals surface area contributed by atoms with Crippen LogP contribution in [0.2, 0.25) is 0 Å². The number of aromatic nitrogens is 3. The molecular formula is C18H24N4O2. The molecule has 0 saturated carbocycles. The third-order valence-corrected chi connectivity index (χ3v) is 4.50. The number of carbonyl (C=O) groups excluding carboxylic acids is 1. The Morgan fingerprint density at radius 3 is 2.88 bits per heavy atom. The molecule has 0 amide bonds. The minimum absolute atomic E-state index is 0.116. The van der Waals surface area contributed by atoms with Gasteiger partial charge in [0.05, 0.1) is 13.8 Å². The summed E-state index contributed by atoms with van der Waals surface area (Å²) in [6, 6.07) is 8.82. The van der Waals surface area contributed by atoms with Crippen LogP contribution in [0.4, 0.5) is 0 Å². The number of ether oxygens (including phenoxy) is 1. The molecule has 1 fully saturated rings. The summed E-state index contributed by atoms with van der Waals surface area (Å²) in [6.45, 7) is 4.88. The quantitative estimate of drug-likeness (QED) is 0.788. The average molecular weight is 328 g/mol. The zero-order valence-electron chi connectivity index (χ0n) is 14.3. The number of likely N-dealkylation sites (tertiary alicyclic amines) is 1. The number of rotatable bonds is 5. The normalized spacial score (nSPS) is 18.5. The van der Waals surface area contributed by atoms with Crippen LogP contribution in [0.15, 0.2) is 30.6 Å². The van der Waals surface area contributed by atoms with E-state index in [4.69, 9.17) is 0 Å². The van der Waals surface area contributed by atoms with E-state index >= 15 is 0 Å². The maximum absolute atomic E-state index is 11.4. The molecule has 24 heavy (non-hydrogen) atoms. The predicted molar refractivity (Wildman–Crippen MR) is 90.5 cm³/mol. The summed E-state index contributed by atoms with van der Waals surface area (Å²) in [5.74, 6) is 0.278. The van der Waals surface area contributed by atoms with Crippen molar-refractivity contribution in [1.82, 2.24) is 19.7 Å². The number of carbonyl (C=O) groups is 1. The number of nitrogens with zero attached hydrogens (tertiary/aromatic N) is 4. The lowest BCUT2D eigenvalue weighted by Crippen LogP contribution is -2.37. The molecule has 0 N–H and O–H groups in total. The molecule has 3 rings (SSSR count). The Balaban J connectivity index is 1.56. The van der Waals surface area contributed by atoms with E-state index in [2.05, 4.69) is 50.9 Å². The van der Waals surface area contributed by atoms with Gasteiger partial charge in [-0.1, -0.05) is 29.8 Å². The summed E-state index contributed by atoms with van der Waals surface area (Å²) in [7, 11) is 1.34. The van der Waals surface area contributed by atoms with Gasteiger partial charge in [-0.15, -0.1) is 5.10 Å². The number of aryl methyl sites for hydroxylation is 1. The first-order chi connectivity index (χ1) is 11.6. The van der Waals surface area contributed by atoms with Crippen LogP contribution in [-0.2, 0) is 17.8 Å². The highest BCUT2D eigenvalue weighted by Crippen LogP contribution is 2.21. The molecule has 1 unspecified atom stereocenters. The topological polar surface area (TPSA) is 60.2 Å². The first-order valence-electron chi connectivity index (χ1n) is 8.39. The first-order valence-corrected chi connectivity index (χ1v) is 8.39. The van der Waals surface area contributed by atoms with Crippen molar-refractivity contribution in [2.75, 3.05) is 20.2 Å². The first kappa shape index (κ1) is 16.6. The SMILES string of the molecule is COC(=O)c1ncn(CN2CCCC(Cc3ccc(C)cc3)C2)n1. The second kappa shape index (κ2) is 7.57. The van der Waals surface area contributed by atoms with E-state index in [1.54, 1.807) is 11.0 Å². The maximum atomic E-state index is 11.4. The van der Waals surface area contributed by atoms with Crippen molar-refractivity contribution in [3.8, 4) is 0 Å². The van der Waals surface area contributed by atoms with E-state index in [1.165, 1.54) is 31.1 Å². The van der Waals surface area contributed by atoms with Gasteiger partial charge in [0.1, 0.15) is 6.33 Å². The Labute approximate surface area is 142 Å². The molecule has 1 aromatic heterocycles. The minimum atomic E-state index is -0.496. The molecule has 0 bridgehead atoms. The Morgan fingerprint density at radius 2 is 2.12 bits per heavy atom. The number of benzene rings is 1. The summed E-state index contributed by atoms with van der Waals surface area (Å²) >= 11 is 0. The molecule has 1 saturated heterocycles. The van der Waals surface area contributed by atoms with E-state index in [0.29, 0.717) is 12.6 Å². The molecule has 0 radical (unpaired) electrons. The molecule has 1 aromatic carbocycles. The van der Waals surface area contributed by atoms with Crippen LogP contribution in [0, 0.1) is 12.8 Å². The number of hydrogen-bond acceptors (Lipinski definition) is 5. The van der Waals surface area contributed by atoms with Crippen LogP contribution >= 0.6 is 0 Å². The van der Waals surface area contributed by atoms with Gasteiger partial charge in [0.15, 0.2) is 0 Å². The number of piperidine rings is 1. The van der Waals surface area contributed by atoms with E-state index in [9.17, 15) is 4.79 Å². The number of methoxy groups -OCH3 is 1. The Bertz CT molecular complexity index is 681. The van der Waals surface area contributed by atoms with Crippen molar-refractivity contribution in [2.24, 2.45) is 5.92 Å². The molecule has 1 atom stereocenters. The van der Waals surface area contributed by atoms with Crippen molar-refractivity contribution >= 4 is 5.97 Å². The lowest BCUT2D eigenvalue weighted by atomic mass is 9.91. The van der Waals surface area contributed by atoms with Gasteiger partial charge in [-0.05, 0) is 44.2 Å². The van der Waals surface area contributed by atoms with Crippen LogP contribution in [-0.4, -0.2) is 45.8 Å². The van der Waals surface area contributed by atoms with Gasteiger partial charge in [-0.25, -0.2) is 14.5 Å². The number of hydrogen-bond donors (Lipinski definition) is 0. The van der Waals surface area contributed by atoms with Crippen molar-refractivity contribution in [2.45, 2.75) is 32.9 Å². The monoisotopic (exact) mass is 328 g/mol. The highest BCUT2D eigenvalue weighted by molar-refractivity contribution is 5.84. The van der Waals surface area contributed by atoms with Crippen molar-refractivity contribution in [1.29, 1.82) is 0 Å². The molecule has 0 aliphatic carbocycles. The van der Waals surface area contributed by atoms with Crippen LogP contribution in [0.25, 0.3) is 0 Å². The fourth-order valence-corrected chi connectivity index (χ4v) is 3.26. The molecular weight excluding hydrogens is 304 g/mol. The van der Waals surface area contributed by atoms with Gasteiger partial charge in [0.25, 0.3) is 5.82 Å². The van der Waals surface area contributed by atoms with Crippen molar-refractivity contribution in [3.05, 3.63) is 47.5 Å².